The number of fused-ring (bicyclic) bond motifs is 1. The number of amides is 2. The van der Waals surface area contributed by atoms with E-state index < -0.39 is 35.5 Å². The summed E-state index contributed by atoms with van der Waals surface area (Å²) >= 11 is 0. The molecule has 1 fully saturated rings. The van der Waals surface area contributed by atoms with E-state index in [9.17, 15) is 19.8 Å². The van der Waals surface area contributed by atoms with E-state index in [1.807, 2.05) is 6.07 Å². The van der Waals surface area contributed by atoms with Crippen LogP contribution in [0.3, 0.4) is 0 Å². The SMILES string of the molecule is CC1(C)CCOc2c(C(=O)NC3C[N+]4=C(N)N[C@@H](CNC(=O)c5cccnc5)[C@@H]5[NH+]=C(N)N[C@@]54C3(O)O)cccc21. The first-order valence-electron chi connectivity index (χ1n) is 13.5. The fourth-order valence-corrected chi connectivity index (χ4v) is 6.40. The van der Waals surface area contributed by atoms with E-state index in [4.69, 9.17) is 16.2 Å². The van der Waals surface area contributed by atoms with Gasteiger partial charge in [0.15, 0.2) is 6.04 Å². The molecule has 4 aliphatic heterocycles. The topological polar surface area (TPSA) is 214 Å². The number of aromatic nitrogens is 1. The molecule has 14 nitrogen and oxygen atoms in total. The molecule has 1 saturated heterocycles. The quantitative estimate of drug-likeness (QED) is 0.126. The second-order valence-corrected chi connectivity index (χ2v) is 11.5. The maximum Gasteiger partial charge on any atom is 0.347 e. The molecule has 216 valence electrons. The molecule has 41 heavy (non-hydrogen) atoms. The van der Waals surface area contributed by atoms with Gasteiger partial charge in [-0.25, -0.2) is 9.89 Å². The standard InChI is InChI=1S/C27H33N9O5/c1-25(2)8-10-41-19-15(6-3-7-16(19)25)22(38)33-18-13-36-24(29)32-17(12-31-21(37)14-5-4-9-30-11-14)20-26(36,27(18,39)40)35-23(28)34-20/h3-7,9,11,17-18,20,39-40H,8,10,12-13H2,1-2H3,(H7,28,29,31,32,33,34,35,37,38)/p+2/t17-,18?,20-,26-/m0/s1. The van der Waals surface area contributed by atoms with Gasteiger partial charge in [0, 0.05) is 18.0 Å². The van der Waals surface area contributed by atoms with Gasteiger partial charge >= 0.3 is 11.9 Å². The Bertz CT molecular complexity index is 1470. The van der Waals surface area contributed by atoms with Crippen molar-refractivity contribution in [2.75, 3.05) is 19.7 Å². The summed E-state index contributed by atoms with van der Waals surface area (Å²) in [5.74, 6) is -2.73. The molecule has 5 heterocycles. The van der Waals surface area contributed by atoms with Crippen LogP contribution in [0.15, 0.2) is 42.7 Å². The zero-order valence-corrected chi connectivity index (χ0v) is 22.8. The molecule has 0 aliphatic carbocycles. The third-order valence-corrected chi connectivity index (χ3v) is 8.62. The molecular weight excluding hydrogens is 530 g/mol. The van der Waals surface area contributed by atoms with Gasteiger partial charge in [0.2, 0.25) is 0 Å². The van der Waals surface area contributed by atoms with E-state index in [0.29, 0.717) is 23.5 Å². The smallest absolute Gasteiger partial charge is 0.347 e. The highest BCUT2D eigenvalue weighted by molar-refractivity contribution is 5.98. The van der Waals surface area contributed by atoms with Crippen molar-refractivity contribution in [2.45, 2.75) is 55.3 Å². The highest BCUT2D eigenvalue weighted by Gasteiger charge is 2.78. The highest BCUT2D eigenvalue weighted by atomic mass is 16.5. The van der Waals surface area contributed by atoms with Gasteiger partial charge in [-0.05, 0) is 30.0 Å². The van der Waals surface area contributed by atoms with Gasteiger partial charge in [0.25, 0.3) is 23.3 Å². The molecule has 2 amide bonds. The lowest BCUT2D eigenvalue weighted by Crippen LogP contribution is -2.92. The lowest BCUT2D eigenvalue weighted by Gasteiger charge is -2.41. The first kappa shape index (κ1) is 26.8. The minimum Gasteiger partial charge on any atom is -0.492 e. The minimum absolute atomic E-state index is 0.0494. The molecular formula is C27H35N9O5+2. The van der Waals surface area contributed by atoms with Crippen LogP contribution in [0, 0.1) is 0 Å². The van der Waals surface area contributed by atoms with Gasteiger partial charge in [-0.3, -0.25) is 36.3 Å². The van der Waals surface area contributed by atoms with Crippen LogP contribution in [0.25, 0.3) is 0 Å². The summed E-state index contributed by atoms with van der Waals surface area (Å²) in [7, 11) is 0. The number of guanidine groups is 2. The van der Waals surface area contributed by atoms with E-state index >= 15 is 0 Å². The number of carbonyl (C=O) groups excluding carboxylic acids is 2. The van der Waals surface area contributed by atoms with Crippen LogP contribution >= 0.6 is 0 Å². The first-order valence-corrected chi connectivity index (χ1v) is 13.5. The second kappa shape index (κ2) is 9.31. The fourth-order valence-electron chi connectivity index (χ4n) is 6.40. The van der Waals surface area contributed by atoms with Gasteiger partial charge < -0.3 is 25.6 Å². The number of benzene rings is 1. The van der Waals surface area contributed by atoms with E-state index in [1.165, 1.54) is 10.8 Å². The van der Waals surface area contributed by atoms with E-state index in [-0.39, 0.29) is 36.3 Å². The molecule has 1 aromatic heterocycles. The lowest BCUT2D eigenvalue weighted by atomic mass is 9.79. The van der Waals surface area contributed by atoms with Crippen molar-refractivity contribution in [3.63, 3.8) is 0 Å². The van der Waals surface area contributed by atoms with Crippen LogP contribution < -0.4 is 42.5 Å². The average molecular weight is 566 g/mol. The molecule has 0 bridgehead atoms. The molecule has 0 saturated carbocycles. The van der Waals surface area contributed by atoms with Gasteiger partial charge in [-0.2, -0.15) is 0 Å². The second-order valence-electron chi connectivity index (χ2n) is 11.5. The Morgan fingerprint density at radius 1 is 1.22 bits per heavy atom. The summed E-state index contributed by atoms with van der Waals surface area (Å²) in [6, 6.07) is 6.08. The summed E-state index contributed by atoms with van der Waals surface area (Å²) < 4.78 is 7.44. The Balaban J connectivity index is 1.27. The molecule has 11 N–H and O–H groups in total. The maximum atomic E-state index is 13.6. The number of carbonyl (C=O) groups is 2. The Labute approximate surface area is 235 Å². The van der Waals surface area contributed by atoms with Crippen molar-refractivity contribution in [1.29, 1.82) is 0 Å². The molecule has 0 radical (unpaired) electrons. The van der Waals surface area contributed by atoms with Crippen LogP contribution in [0.2, 0.25) is 0 Å². The number of hydrogen-bond acceptors (Lipinski definition) is 10. The van der Waals surface area contributed by atoms with E-state index in [0.717, 1.165) is 12.0 Å². The summed E-state index contributed by atoms with van der Waals surface area (Å²) in [5, 5.41) is 35.2. The minimum atomic E-state index is -2.56. The van der Waals surface area contributed by atoms with Crippen molar-refractivity contribution in [1.82, 2.24) is 26.3 Å². The van der Waals surface area contributed by atoms with Crippen LogP contribution in [-0.4, -0.2) is 92.8 Å². The summed E-state index contributed by atoms with van der Waals surface area (Å²) in [4.78, 5) is 33.3. The number of nitrogens with zero attached hydrogens (tertiary/aromatic N) is 2. The van der Waals surface area contributed by atoms with Gasteiger partial charge in [-0.15, -0.1) is 0 Å². The van der Waals surface area contributed by atoms with Crippen LogP contribution in [0.1, 0.15) is 46.5 Å². The number of hydrogen-bond donors (Lipinski definition) is 9. The Morgan fingerprint density at radius 3 is 2.78 bits per heavy atom. The third kappa shape index (κ3) is 4.04. The van der Waals surface area contributed by atoms with Crippen LogP contribution in [0.5, 0.6) is 5.75 Å². The predicted molar refractivity (Wildman–Crippen MR) is 146 cm³/mol. The van der Waals surface area contributed by atoms with Crippen molar-refractivity contribution in [3.8, 4) is 5.75 Å². The molecule has 1 spiro atoms. The average Bonchev–Trinajstić information content (AvgIpc) is 3.41. The Kier molecular flexibility index (Phi) is 6.08. The predicted octanol–water partition coefficient (Wildman–Crippen LogP) is -4.27. The maximum absolute atomic E-state index is 13.6. The lowest BCUT2D eigenvalue weighted by molar-refractivity contribution is -0.674. The van der Waals surface area contributed by atoms with Gasteiger partial charge in [0.1, 0.15) is 17.8 Å². The fraction of sp³-hybridized carbons (Fsp3) is 0.444. The number of nitrogens with two attached hydrogens (primary N) is 2. The van der Waals surface area contributed by atoms with Gasteiger partial charge in [-0.1, -0.05) is 26.0 Å². The Hall–Kier alpha value is -4.43. The number of rotatable bonds is 5. The molecule has 6 rings (SSSR count). The number of pyridine rings is 1. The summed E-state index contributed by atoms with van der Waals surface area (Å²) in [5.41, 5.74) is 12.3. The summed E-state index contributed by atoms with van der Waals surface area (Å²) in [6.45, 7) is 4.67. The van der Waals surface area contributed by atoms with E-state index in [1.54, 1.807) is 30.5 Å². The number of para-hydroxylation sites is 1. The Morgan fingerprint density at radius 2 is 2.02 bits per heavy atom. The molecule has 4 aliphatic rings. The first-order chi connectivity index (χ1) is 19.5. The number of aliphatic hydroxyl groups is 2. The molecule has 14 heteroatoms. The van der Waals surface area contributed by atoms with Crippen molar-refractivity contribution in [3.05, 3.63) is 59.4 Å². The van der Waals surface area contributed by atoms with Crippen molar-refractivity contribution in [2.24, 2.45) is 11.5 Å². The highest BCUT2D eigenvalue weighted by Crippen LogP contribution is 2.41. The normalized spacial score (nSPS) is 28.6. The van der Waals surface area contributed by atoms with Crippen LogP contribution in [0.4, 0.5) is 0 Å². The van der Waals surface area contributed by atoms with Crippen molar-refractivity contribution < 1.29 is 34.1 Å². The third-order valence-electron chi connectivity index (χ3n) is 8.62. The molecule has 1 aromatic carbocycles. The largest absolute Gasteiger partial charge is 0.492 e. The molecule has 4 atom stereocenters. The number of nitrogens with one attached hydrogen (secondary N) is 5. The van der Waals surface area contributed by atoms with Crippen LogP contribution in [-0.2, 0) is 5.41 Å². The van der Waals surface area contributed by atoms with Gasteiger partial charge in [0.05, 0.1) is 30.8 Å². The zero-order chi connectivity index (χ0) is 29.2. The van der Waals surface area contributed by atoms with E-state index in [2.05, 4.69) is 45.1 Å². The monoisotopic (exact) mass is 565 g/mol. The zero-order valence-electron chi connectivity index (χ0n) is 22.8. The number of ether oxygens (including phenoxy) is 1. The molecule has 1 unspecified atom stereocenters. The molecule has 2 aromatic rings. The summed E-state index contributed by atoms with van der Waals surface area (Å²) in [6.07, 6.45) is 3.82. The van der Waals surface area contributed by atoms with Crippen molar-refractivity contribution >= 4 is 23.7 Å².